The molecule has 0 aliphatic carbocycles. The van der Waals surface area contributed by atoms with Gasteiger partial charge in [-0.25, -0.2) is 16.8 Å². The number of nitrogens with zero attached hydrogens (tertiary/aromatic N) is 1. The average Bonchev–Trinajstić information content (AvgIpc) is 2.87. The first-order valence-corrected chi connectivity index (χ1v) is 11.1. The minimum atomic E-state index is -4.05. The summed E-state index contributed by atoms with van der Waals surface area (Å²) in [7, 11) is -7.73. The number of anilines is 1. The van der Waals surface area contributed by atoms with Crippen LogP contribution < -0.4 is 4.72 Å². The Morgan fingerprint density at radius 3 is 2.38 bits per heavy atom. The van der Waals surface area contributed by atoms with Gasteiger partial charge in [-0.05, 0) is 52.9 Å². The zero-order valence-electron chi connectivity index (χ0n) is 12.3. The summed E-state index contributed by atoms with van der Waals surface area (Å²) in [6.45, 7) is 0. The minimum absolute atomic E-state index is 0.239. The predicted octanol–water partition coefficient (Wildman–Crippen LogP) is 2.37. The second-order valence-electron chi connectivity index (χ2n) is 5.09. The van der Waals surface area contributed by atoms with Crippen molar-refractivity contribution >= 4 is 59.0 Å². The predicted molar refractivity (Wildman–Crippen MR) is 99.2 cm³/mol. The van der Waals surface area contributed by atoms with E-state index in [9.17, 15) is 16.8 Å². The number of benzene rings is 2. The number of hydrogen-bond acceptors (Lipinski definition) is 5. The van der Waals surface area contributed by atoms with Crippen molar-refractivity contribution in [3.8, 4) is 0 Å². The molecule has 0 unspecified atom stereocenters. The van der Waals surface area contributed by atoms with Gasteiger partial charge in [0.25, 0.3) is 10.0 Å². The van der Waals surface area contributed by atoms with Crippen LogP contribution in [0, 0.1) is 3.70 Å². The largest absolute Gasteiger partial charge is 0.280 e. The summed E-state index contributed by atoms with van der Waals surface area (Å²) in [5.74, 6) is 0. The van der Waals surface area contributed by atoms with E-state index in [1.54, 1.807) is 18.2 Å². The SMILES string of the molecule is CS(=O)(=O)c1ccccc1S(=O)(=O)Nc1ccc2n[nH]c(I)c2c1. The molecule has 0 amide bonds. The first-order valence-electron chi connectivity index (χ1n) is 6.64. The van der Waals surface area contributed by atoms with Crippen molar-refractivity contribution in [1.82, 2.24) is 10.2 Å². The van der Waals surface area contributed by atoms with Crippen molar-refractivity contribution in [3.05, 3.63) is 46.2 Å². The van der Waals surface area contributed by atoms with Gasteiger partial charge in [-0.1, -0.05) is 12.1 Å². The molecule has 0 fully saturated rings. The highest BCUT2D eigenvalue weighted by Crippen LogP contribution is 2.26. The second-order valence-corrected chi connectivity index (χ2v) is 9.81. The Morgan fingerprint density at radius 1 is 1.04 bits per heavy atom. The van der Waals surface area contributed by atoms with Gasteiger partial charge in [0.2, 0.25) is 0 Å². The average molecular weight is 477 g/mol. The van der Waals surface area contributed by atoms with Crippen LogP contribution in [0.15, 0.2) is 52.3 Å². The third-order valence-corrected chi connectivity index (χ3v) is 6.84. The summed E-state index contributed by atoms with van der Waals surface area (Å²) >= 11 is 2.06. The normalized spacial score (nSPS) is 12.4. The number of aromatic amines is 1. The molecule has 10 heteroatoms. The monoisotopic (exact) mass is 477 g/mol. The van der Waals surface area contributed by atoms with Crippen LogP contribution in [-0.4, -0.2) is 33.3 Å². The molecule has 126 valence electrons. The summed E-state index contributed by atoms with van der Waals surface area (Å²) in [5, 5.41) is 7.65. The van der Waals surface area contributed by atoms with Crippen LogP contribution in [0.25, 0.3) is 10.9 Å². The molecule has 0 saturated carbocycles. The van der Waals surface area contributed by atoms with Crippen molar-refractivity contribution in [2.45, 2.75) is 9.79 Å². The number of rotatable bonds is 4. The molecule has 0 aliphatic heterocycles. The van der Waals surface area contributed by atoms with Crippen LogP contribution in [0.5, 0.6) is 0 Å². The van der Waals surface area contributed by atoms with Crippen LogP contribution in [0.4, 0.5) is 5.69 Å². The lowest BCUT2D eigenvalue weighted by molar-refractivity contribution is 0.588. The Hall–Kier alpha value is -1.66. The number of sulfonamides is 1. The fraction of sp³-hybridized carbons (Fsp3) is 0.0714. The number of halogens is 1. The quantitative estimate of drug-likeness (QED) is 0.561. The van der Waals surface area contributed by atoms with Crippen molar-refractivity contribution in [3.63, 3.8) is 0 Å². The first kappa shape index (κ1) is 17.2. The van der Waals surface area contributed by atoms with Gasteiger partial charge in [-0.3, -0.25) is 9.82 Å². The maximum Gasteiger partial charge on any atom is 0.263 e. The van der Waals surface area contributed by atoms with E-state index < -0.39 is 19.9 Å². The van der Waals surface area contributed by atoms with Crippen LogP contribution in [0.3, 0.4) is 0 Å². The number of aromatic nitrogens is 2. The van der Waals surface area contributed by atoms with E-state index in [-0.39, 0.29) is 9.79 Å². The number of H-pyrrole nitrogens is 1. The maximum absolute atomic E-state index is 12.6. The molecule has 1 heterocycles. The molecule has 24 heavy (non-hydrogen) atoms. The molecule has 2 N–H and O–H groups in total. The molecule has 0 atom stereocenters. The first-order chi connectivity index (χ1) is 11.2. The fourth-order valence-electron chi connectivity index (χ4n) is 2.23. The highest BCUT2D eigenvalue weighted by atomic mass is 127. The molecule has 3 aromatic rings. The van der Waals surface area contributed by atoms with Gasteiger partial charge in [0, 0.05) is 17.3 Å². The molecule has 7 nitrogen and oxygen atoms in total. The Kier molecular flexibility index (Phi) is 4.30. The molecule has 0 spiro atoms. The van der Waals surface area contributed by atoms with Gasteiger partial charge in [0.05, 0.1) is 10.4 Å². The summed E-state index contributed by atoms with van der Waals surface area (Å²) in [6.07, 6.45) is 0.973. The fourth-order valence-corrected chi connectivity index (χ4v) is 5.46. The minimum Gasteiger partial charge on any atom is -0.280 e. The topological polar surface area (TPSA) is 109 Å². The Labute approximate surface area is 152 Å². The van der Waals surface area contributed by atoms with Gasteiger partial charge in [-0.15, -0.1) is 0 Å². The van der Waals surface area contributed by atoms with Crippen LogP contribution in [0.2, 0.25) is 0 Å². The van der Waals surface area contributed by atoms with Gasteiger partial charge in [0.1, 0.15) is 8.60 Å². The lowest BCUT2D eigenvalue weighted by atomic mass is 10.2. The van der Waals surface area contributed by atoms with E-state index in [4.69, 9.17) is 0 Å². The molecule has 2 aromatic carbocycles. The molecule has 0 aliphatic rings. The second kappa shape index (κ2) is 6.01. The van der Waals surface area contributed by atoms with Crippen molar-refractivity contribution in [2.24, 2.45) is 0 Å². The number of hydrogen-bond donors (Lipinski definition) is 2. The van der Waals surface area contributed by atoms with E-state index in [0.717, 1.165) is 15.3 Å². The molecule has 0 bridgehead atoms. The summed E-state index contributed by atoms with van der Waals surface area (Å²) < 4.78 is 52.1. The Morgan fingerprint density at radius 2 is 1.71 bits per heavy atom. The smallest absolute Gasteiger partial charge is 0.263 e. The molecule has 0 radical (unpaired) electrons. The molecule has 0 saturated heterocycles. The molecular formula is C14H12IN3O4S2. The van der Waals surface area contributed by atoms with Gasteiger partial charge in [-0.2, -0.15) is 5.10 Å². The van der Waals surface area contributed by atoms with E-state index in [1.807, 2.05) is 0 Å². The number of fused-ring (bicyclic) bond motifs is 1. The van der Waals surface area contributed by atoms with E-state index in [2.05, 4.69) is 37.5 Å². The third kappa shape index (κ3) is 3.26. The Bertz CT molecular complexity index is 1140. The zero-order valence-corrected chi connectivity index (χ0v) is 16.1. The van der Waals surface area contributed by atoms with Gasteiger partial charge in [0.15, 0.2) is 9.84 Å². The van der Waals surface area contributed by atoms with Crippen LogP contribution in [0.1, 0.15) is 0 Å². The Balaban J connectivity index is 2.07. The zero-order chi connectivity index (χ0) is 17.5. The maximum atomic E-state index is 12.6. The number of nitrogens with one attached hydrogen (secondary N) is 2. The standard InChI is InChI=1S/C14H12IN3O4S2/c1-23(19,20)12-4-2-3-5-13(12)24(21,22)18-9-6-7-11-10(8-9)14(15)17-16-11/h2-8,18H,1H3,(H,16,17). The lowest BCUT2D eigenvalue weighted by Crippen LogP contribution is -2.16. The van der Waals surface area contributed by atoms with Crippen LogP contribution in [-0.2, 0) is 19.9 Å². The third-order valence-electron chi connectivity index (χ3n) is 3.30. The lowest BCUT2D eigenvalue weighted by Gasteiger charge is -2.11. The van der Waals surface area contributed by atoms with Crippen molar-refractivity contribution in [1.29, 1.82) is 0 Å². The molecule has 3 rings (SSSR count). The van der Waals surface area contributed by atoms with E-state index in [0.29, 0.717) is 11.2 Å². The highest BCUT2D eigenvalue weighted by Gasteiger charge is 2.23. The van der Waals surface area contributed by atoms with Crippen LogP contribution >= 0.6 is 22.6 Å². The van der Waals surface area contributed by atoms with E-state index >= 15 is 0 Å². The van der Waals surface area contributed by atoms with Gasteiger partial charge >= 0.3 is 0 Å². The van der Waals surface area contributed by atoms with Gasteiger partial charge < -0.3 is 0 Å². The van der Waals surface area contributed by atoms with Crippen molar-refractivity contribution in [2.75, 3.05) is 11.0 Å². The summed E-state index contributed by atoms with van der Waals surface area (Å²) in [6, 6.07) is 10.4. The van der Waals surface area contributed by atoms with E-state index in [1.165, 1.54) is 24.3 Å². The number of sulfone groups is 1. The molecular weight excluding hydrogens is 465 g/mol. The highest BCUT2D eigenvalue weighted by molar-refractivity contribution is 14.1. The summed E-state index contributed by atoms with van der Waals surface area (Å²) in [4.78, 5) is -0.522. The van der Waals surface area contributed by atoms with Crippen molar-refractivity contribution < 1.29 is 16.8 Å². The summed E-state index contributed by atoms with van der Waals surface area (Å²) in [5.41, 5.74) is 1.03. The molecule has 1 aromatic heterocycles.